The molecule has 0 saturated heterocycles. The van der Waals surface area contributed by atoms with Gasteiger partial charge in [-0.05, 0) is 60.8 Å². The van der Waals surface area contributed by atoms with Gasteiger partial charge < -0.3 is 14.3 Å². The number of nitrogens with zero attached hydrogens (tertiary/aromatic N) is 1. The van der Waals surface area contributed by atoms with Gasteiger partial charge in [0.15, 0.2) is 0 Å². The van der Waals surface area contributed by atoms with Crippen molar-refractivity contribution in [2.75, 3.05) is 0 Å². The predicted octanol–water partition coefficient (Wildman–Crippen LogP) is 6.02. The lowest BCUT2D eigenvalue weighted by molar-refractivity contribution is -0.153. The number of H-pyrrole nitrogens is 1. The van der Waals surface area contributed by atoms with E-state index in [1.54, 1.807) is 6.07 Å². The Hall–Kier alpha value is -3.23. The number of ether oxygens (including phenoxy) is 1. The van der Waals surface area contributed by atoms with Crippen molar-refractivity contribution in [1.82, 2.24) is 10.2 Å². The minimum absolute atomic E-state index is 0.0595. The molecule has 32 heavy (non-hydrogen) atoms. The summed E-state index contributed by atoms with van der Waals surface area (Å²) in [5.74, 6) is -0.766. The molecule has 3 aromatic rings. The van der Waals surface area contributed by atoms with Crippen LogP contribution in [0.4, 0.5) is 13.2 Å². The first-order valence-electron chi connectivity index (χ1n) is 10.4. The van der Waals surface area contributed by atoms with Crippen molar-refractivity contribution in [2.45, 2.75) is 50.8 Å². The number of nitrogens with one attached hydrogen (secondary N) is 1. The van der Waals surface area contributed by atoms with Gasteiger partial charge in [0.1, 0.15) is 12.4 Å². The van der Waals surface area contributed by atoms with Crippen LogP contribution in [-0.4, -0.2) is 21.3 Å². The summed E-state index contributed by atoms with van der Waals surface area (Å²) in [4.78, 5) is 10.9. The van der Waals surface area contributed by atoms with Gasteiger partial charge in [-0.2, -0.15) is 13.2 Å². The second kappa shape index (κ2) is 9.10. The SMILES string of the molecule is O=C(O)C[C@H]1CC[C@H](c2ccc(-c3cc(OCc4ccc(C(F)(F)F)o4)n[nH]3)cc2)CC1. The Labute approximate surface area is 182 Å². The smallest absolute Gasteiger partial charge is 0.449 e. The summed E-state index contributed by atoms with van der Waals surface area (Å²) in [6.45, 7) is -0.163. The van der Waals surface area contributed by atoms with E-state index in [0.29, 0.717) is 5.92 Å². The highest BCUT2D eigenvalue weighted by Gasteiger charge is 2.34. The molecule has 1 fully saturated rings. The molecule has 0 aliphatic heterocycles. The van der Waals surface area contributed by atoms with Gasteiger partial charge in [0, 0.05) is 12.5 Å². The van der Waals surface area contributed by atoms with E-state index < -0.39 is 17.9 Å². The first kappa shape index (κ1) is 22.0. The zero-order chi connectivity index (χ0) is 22.7. The van der Waals surface area contributed by atoms with E-state index in [9.17, 15) is 18.0 Å². The Morgan fingerprint density at radius 3 is 2.47 bits per heavy atom. The summed E-state index contributed by atoms with van der Waals surface area (Å²) in [5.41, 5.74) is 2.87. The molecule has 1 saturated carbocycles. The van der Waals surface area contributed by atoms with Crippen LogP contribution >= 0.6 is 0 Å². The van der Waals surface area contributed by atoms with E-state index in [1.165, 1.54) is 11.6 Å². The number of aromatic nitrogens is 2. The molecule has 9 heteroatoms. The Morgan fingerprint density at radius 2 is 1.84 bits per heavy atom. The maximum Gasteiger partial charge on any atom is 0.449 e. The van der Waals surface area contributed by atoms with Crippen molar-refractivity contribution < 1.29 is 32.2 Å². The first-order valence-corrected chi connectivity index (χ1v) is 10.4. The number of carboxylic acids is 1. The number of benzene rings is 1. The predicted molar refractivity (Wildman–Crippen MR) is 109 cm³/mol. The van der Waals surface area contributed by atoms with E-state index in [1.807, 2.05) is 12.1 Å². The number of halogens is 3. The number of furan rings is 1. The standard InChI is InChI=1S/C23H23F3N2O4/c24-23(25,26)20-10-9-18(32-20)13-31-21-12-19(27-28-21)17-7-5-16(6-8-17)15-3-1-14(2-4-15)11-22(29)30/h5-10,12,14-15H,1-4,11,13H2,(H,27,28)(H,29,30)/t14-,15-. The largest absolute Gasteiger partial charge is 0.481 e. The number of hydrogen-bond acceptors (Lipinski definition) is 4. The van der Waals surface area contributed by atoms with Crippen LogP contribution in [0.5, 0.6) is 5.88 Å². The zero-order valence-electron chi connectivity index (χ0n) is 17.2. The van der Waals surface area contributed by atoms with Gasteiger partial charge >= 0.3 is 12.1 Å². The maximum absolute atomic E-state index is 12.6. The van der Waals surface area contributed by atoms with Crippen molar-refractivity contribution in [1.29, 1.82) is 0 Å². The van der Waals surface area contributed by atoms with Crippen LogP contribution in [0.15, 0.2) is 46.9 Å². The highest BCUT2D eigenvalue weighted by Crippen LogP contribution is 2.37. The van der Waals surface area contributed by atoms with Crippen LogP contribution in [0.25, 0.3) is 11.3 Å². The van der Waals surface area contributed by atoms with Gasteiger partial charge in [0.05, 0.1) is 5.69 Å². The molecule has 4 rings (SSSR count). The third kappa shape index (κ3) is 5.33. The molecular formula is C23H23F3N2O4. The van der Waals surface area contributed by atoms with Crippen molar-refractivity contribution in [3.63, 3.8) is 0 Å². The third-order valence-corrected chi connectivity index (χ3v) is 5.86. The molecule has 6 nitrogen and oxygen atoms in total. The number of rotatable bonds is 7. The molecule has 2 heterocycles. The van der Waals surface area contributed by atoms with E-state index in [-0.39, 0.29) is 30.6 Å². The van der Waals surface area contributed by atoms with Crippen LogP contribution in [-0.2, 0) is 17.6 Å². The third-order valence-electron chi connectivity index (χ3n) is 5.86. The molecule has 1 aromatic carbocycles. The molecule has 0 atom stereocenters. The van der Waals surface area contributed by atoms with Gasteiger partial charge in [-0.1, -0.05) is 24.3 Å². The summed E-state index contributed by atoms with van der Waals surface area (Å²) >= 11 is 0. The molecule has 0 spiro atoms. The molecule has 1 aliphatic rings. The first-order chi connectivity index (χ1) is 15.3. The average molecular weight is 448 g/mol. The molecule has 0 unspecified atom stereocenters. The average Bonchev–Trinajstić information content (AvgIpc) is 3.42. The van der Waals surface area contributed by atoms with Gasteiger partial charge in [-0.3, -0.25) is 9.89 Å². The van der Waals surface area contributed by atoms with Crippen LogP contribution in [0.1, 0.15) is 55.1 Å². The number of hydrogen-bond donors (Lipinski definition) is 2. The van der Waals surface area contributed by atoms with E-state index in [4.69, 9.17) is 14.3 Å². The van der Waals surface area contributed by atoms with E-state index >= 15 is 0 Å². The molecule has 0 amide bonds. The maximum atomic E-state index is 12.6. The minimum atomic E-state index is -4.53. The second-order valence-electron chi connectivity index (χ2n) is 8.11. The lowest BCUT2D eigenvalue weighted by Gasteiger charge is -2.28. The van der Waals surface area contributed by atoms with Gasteiger partial charge in [0.25, 0.3) is 0 Å². The van der Waals surface area contributed by atoms with Crippen LogP contribution in [0, 0.1) is 5.92 Å². The minimum Gasteiger partial charge on any atom is -0.481 e. The Bertz CT molecular complexity index is 1050. The van der Waals surface area contributed by atoms with Crippen LogP contribution < -0.4 is 4.74 Å². The lowest BCUT2D eigenvalue weighted by Crippen LogP contribution is -2.16. The van der Waals surface area contributed by atoms with Gasteiger partial charge in [-0.15, -0.1) is 5.10 Å². The molecular weight excluding hydrogens is 425 g/mol. The summed E-state index contributed by atoms with van der Waals surface area (Å²) < 4.78 is 47.9. The van der Waals surface area contributed by atoms with Crippen molar-refractivity contribution >= 4 is 5.97 Å². The summed E-state index contributed by atoms with van der Waals surface area (Å²) in [6.07, 6.45) is -0.439. The highest BCUT2D eigenvalue weighted by atomic mass is 19.4. The lowest BCUT2D eigenvalue weighted by atomic mass is 9.77. The fraction of sp³-hybridized carbons (Fsp3) is 0.391. The number of carboxylic acid groups (broad SMARTS) is 1. The summed E-state index contributed by atoms with van der Waals surface area (Å²) in [7, 11) is 0. The summed E-state index contributed by atoms with van der Waals surface area (Å²) in [5, 5.41) is 15.9. The topological polar surface area (TPSA) is 88.3 Å². The Balaban J connectivity index is 1.32. The normalized spacial score (nSPS) is 19.1. The van der Waals surface area contributed by atoms with Crippen molar-refractivity contribution in [3.05, 3.63) is 59.5 Å². The number of aromatic amines is 1. The van der Waals surface area contributed by atoms with E-state index in [0.717, 1.165) is 43.0 Å². The van der Waals surface area contributed by atoms with Gasteiger partial charge in [-0.25, -0.2) is 0 Å². The van der Waals surface area contributed by atoms with Crippen molar-refractivity contribution in [3.8, 4) is 17.1 Å². The monoisotopic (exact) mass is 448 g/mol. The van der Waals surface area contributed by atoms with Crippen LogP contribution in [0.2, 0.25) is 0 Å². The van der Waals surface area contributed by atoms with Crippen LogP contribution in [0.3, 0.4) is 0 Å². The Kier molecular flexibility index (Phi) is 6.25. The summed E-state index contributed by atoms with van der Waals surface area (Å²) in [6, 6.07) is 11.9. The zero-order valence-corrected chi connectivity index (χ0v) is 17.2. The molecule has 0 bridgehead atoms. The molecule has 1 aliphatic carbocycles. The van der Waals surface area contributed by atoms with E-state index in [2.05, 4.69) is 22.3 Å². The fourth-order valence-electron chi connectivity index (χ4n) is 4.16. The second-order valence-corrected chi connectivity index (χ2v) is 8.11. The fourth-order valence-corrected chi connectivity index (χ4v) is 4.16. The molecule has 170 valence electrons. The number of carbonyl (C=O) groups is 1. The molecule has 2 aromatic heterocycles. The quantitative estimate of drug-likeness (QED) is 0.462. The Morgan fingerprint density at radius 1 is 1.12 bits per heavy atom. The number of aliphatic carboxylic acids is 1. The van der Waals surface area contributed by atoms with Crippen molar-refractivity contribution in [2.24, 2.45) is 5.92 Å². The highest BCUT2D eigenvalue weighted by molar-refractivity contribution is 5.67. The molecule has 0 radical (unpaired) electrons. The number of alkyl halides is 3. The van der Waals surface area contributed by atoms with Gasteiger partial charge in [0.2, 0.25) is 11.6 Å². The molecule has 2 N–H and O–H groups in total.